The fraction of sp³-hybridized carbons (Fsp3) is 0.391. The lowest BCUT2D eigenvalue weighted by Crippen LogP contribution is -2.28. The predicted molar refractivity (Wildman–Crippen MR) is 122 cm³/mol. The van der Waals surface area contributed by atoms with Gasteiger partial charge >= 0.3 is 0 Å². The van der Waals surface area contributed by atoms with Gasteiger partial charge in [0.05, 0.1) is 15.9 Å². The summed E-state index contributed by atoms with van der Waals surface area (Å²) in [4.78, 5) is 17.2. The van der Waals surface area contributed by atoms with Crippen molar-refractivity contribution >= 4 is 27.0 Å². The molecule has 0 aliphatic rings. The zero-order valence-electron chi connectivity index (χ0n) is 18.5. The predicted octanol–water partition coefficient (Wildman–Crippen LogP) is 3.16. The number of imidazole rings is 1. The number of aryl methyl sites for hydroxylation is 2. The molecule has 3 aromatic rings. The lowest BCUT2D eigenvalue weighted by molar-refractivity contribution is -0.121. The molecule has 7 nitrogen and oxygen atoms in total. The molecule has 1 unspecified atom stereocenters. The molecule has 8 heteroatoms. The van der Waals surface area contributed by atoms with Crippen LogP contribution in [0.25, 0.3) is 11.0 Å². The summed E-state index contributed by atoms with van der Waals surface area (Å²) in [6.07, 6.45) is 0.817. The Balaban J connectivity index is 1.69. The maximum atomic E-state index is 12.4. The Kier molecular flexibility index (Phi) is 7.12. The molecule has 31 heavy (non-hydrogen) atoms. The van der Waals surface area contributed by atoms with Crippen LogP contribution in [-0.2, 0) is 27.8 Å². The van der Waals surface area contributed by atoms with Crippen LogP contribution in [0.1, 0.15) is 37.6 Å². The van der Waals surface area contributed by atoms with Gasteiger partial charge in [-0.2, -0.15) is 0 Å². The average Bonchev–Trinajstić information content (AvgIpc) is 3.13. The highest BCUT2D eigenvalue weighted by Crippen LogP contribution is 2.23. The maximum Gasteiger partial charge on any atom is 0.242 e. The summed E-state index contributed by atoms with van der Waals surface area (Å²) in [6, 6.07) is 15.1. The Hall–Kier alpha value is -2.71. The van der Waals surface area contributed by atoms with Gasteiger partial charge in [0.15, 0.2) is 0 Å². The summed E-state index contributed by atoms with van der Waals surface area (Å²) >= 11 is 0. The number of amides is 1. The van der Waals surface area contributed by atoms with Gasteiger partial charge in [-0.1, -0.05) is 37.3 Å². The molecule has 0 saturated heterocycles. The summed E-state index contributed by atoms with van der Waals surface area (Å²) in [5.74, 6) is 0.999. The minimum absolute atomic E-state index is 0.0200. The lowest BCUT2D eigenvalue weighted by atomic mass is 10.0. The highest BCUT2D eigenvalue weighted by Gasteiger charge is 2.19. The Morgan fingerprint density at radius 3 is 2.52 bits per heavy atom. The van der Waals surface area contributed by atoms with Gasteiger partial charge in [-0.15, -0.1) is 0 Å². The second-order valence-electron chi connectivity index (χ2n) is 7.83. The van der Waals surface area contributed by atoms with Crippen LogP contribution in [0.2, 0.25) is 0 Å². The topological polar surface area (TPSA) is 84.3 Å². The van der Waals surface area contributed by atoms with Gasteiger partial charge in [0, 0.05) is 40.0 Å². The van der Waals surface area contributed by atoms with Crippen molar-refractivity contribution in [3.63, 3.8) is 0 Å². The minimum Gasteiger partial charge on any atom is -0.355 e. The molecular formula is C23H30N4O3S. The molecule has 0 fully saturated rings. The number of sulfonamides is 1. The van der Waals surface area contributed by atoms with Crippen molar-refractivity contribution in [2.24, 2.45) is 0 Å². The molecule has 0 saturated carbocycles. The minimum atomic E-state index is -3.52. The number of nitrogens with one attached hydrogen (secondary N) is 1. The van der Waals surface area contributed by atoms with Gasteiger partial charge in [0.25, 0.3) is 0 Å². The smallest absolute Gasteiger partial charge is 0.242 e. The van der Waals surface area contributed by atoms with Gasteiger partial charge in [0.2, 0.25) is 15.9 Å². The first-order valence-corrected chi connectivity index (χ1v) is 11.9. The third-order valence-corrected chi connectivity index (χ3v) is 7.25. The van der Waals surface area contributed by atoms with Crippen LogP contribution in [0, 0.1) is 0 Å². The summed E-state index contributed by atoms with van der Waals surface area (Å²) < 4.78 is 28.1. The molecule has 1 atom stereocenters. The van der Waals surface area contributed by atoms with E-state index in [1.54, 1.807) is 18.2 Å². The Morgan fingerprint density at radius 1 is 1.16 bits per heavy atom. The van der Waals surface area contributed by atoms with Crippen molar-refractivity contribution in [1.29, 1.82) is 0 Å². The van der Waals surface area contributed by atoms with Crippen LogP contribution in [0.3, 0.4) is 0 Å². The molecular weight excluding hydrogens is 412 g/mol. The number of carbonyl (C=O) groups is 1. The summed E-state index contributed by atoms with van der Waals surface area (Å²) in [7, 11) is -0.509. The largest absolute Gasteiger partial charge is 0.355 e. The zero-order valence-corrected chi connectivity index (χ0v) is 19.3. The molecule has 0 aliphatic carbocycles. The highest BCUT2D eigenvalue weighted by molar-refractivity contribution is 7.89. The van der Waals surface area contributed by atoms with E-state index in [0.29, 0.717) is 31.4 Å². The molecule has 2 aromatic carbocycles. The van der Waals surface area contributed by atoms with E-state index >= 15 is 0 Å². The van der Waals surface area contributed by atoms with Gasteiger partial charge in [-0.3, -0.25) is 4.79 Å². The summed E-state index contributed by atoms with van der Waals surface area (Å²) in [5, 5.41) is 3.00. The molecule has 1 amide bonds. The molecule has 0 bridgehead atoms. The monoisotopic (exact) mass is 442 g/mol. The van der Waals surface area contributed by atoms with E-state index in [-0.39, 0.29) is 16.7 Å². The quantitative estimate of drug-likeness (QED) is 0.552. The van der Waals surface area contributed by atoms with Crippen molar-refractivity contribution in [2.45, 2.75) is 44.0 Å². The summed E-state index contributed by atoms with van der Waals surface area (Å²) in [5.41, 5.74) is 2.69. The SMILES string of the molecule is CCn1c(CCC(=O)NCC(C)c2ccccc2)nc2cc(S(=O)(=O)N(C)C)ccc21. The number of rotatable bonds is 9. The van der Waals surface area contributed by atoms with Gasteiger partial charge in [0.1, 0.15) is 5.82 Å². The Bertz CT molecular complexity index is 1150. The van der Waals surface area contributed by atoms with Crippen molar-refractivity contribution in [2.75, 3.05) is 20.6 Å². The number of hydrogen-bond acceptors (Lipinski definition) is 4. The number of nitrogens with zero attached hydrogens (tertiary/aromatic N) is 3. The van der Waals surface area contributed by atoms with Crippen molar-refractivity contribution in [1.82, 2.24) is 19.2 Å². The maximum absolute atomic E-state index is 12.4. The molecule has 1 aromatic heterocycles. The second kappa shape index (κ2) is 9.62. The second-order valence-corrected chi connectivity index (χ2v) is 9.98. The Morgan fingerprint density at radius 2 is 1.87 bits per heavy atom. The number of fused-ring (bicyclic) bond motifs is 1. The van der Waals surface area contributed by atoms with E-state index in [0.717, 1.165) is 11.3 Å². The number of carbonyl (C=O) groups excluding carboxylic acids is 1. The van der Waals surface area contributed by atoms with Crippen molar-refractivity contribution in [3.8, 4) is 0 Å². The number of benzene rings is 2. The third kappa shape index (κ3) is 5.14. The van der Waals surface area contributed by atoms with E-state index in [1.165, 1.54) is 24.0 Å². The van der Waals surface area contributed by atoms with Crippen LogP contribution in [-0.4, -0.2) is 48.8 Å². The van der Waals surface area contributed by atoms with Crippen LogP contribution < -0.4 is 5.32 Å². The first kappa shape index (κ1) is 23.0. The normalized spacial score (nSPS) is 12.9. The van der Waals surface area contributed by atoms with E-state index in [1.807, 2.05) is 29.7 Å². The molecule has 1 heterocycles. The van der Waals surface area contributed by atoms with E-state index in [2.05, 4.69) is 29.4 Å². The van der Waals surface area contributed by atoms with E-state index in [4.69, 9.17) is 0 Å². The van der Waals surface area contributed by atoms with Crippen LogP contribution in [0.5, 0.6) is 0 Å². The zero-order chi connectivity index (χ0) is 22.6. The van der Waals surface area contributed by atoms with Gasteiger partial charge < -0.3 is 9.88 Å². The van der Waals surface area contributed by atoms with Crippen molar-refractivity contribution < 1.29 is 13.2 Å². The first-order chi connectivity index (χ1) is 14.7. The van der Waals surface area contributed by atoms with Crippen LogP contribution in [0.15, 0.2) is 53.4 Å². The van der Waals surface area contributed by atoms with Gasteiger partial charge in [-0.05, 0) is 36.6 Å². The van der Waals surface area contributed by atoms with Crippen LogP contribution >= 0.6 is 0 Å². The van der Waals surface area contributed by atoms with Crippen LogP contribution in [0.4, 0.5) is 0 Å². The van der Waals surface area contributed by atoms with Gasteiger partial charge in [-0.25, -0.2) is 17.7 Å². The molecule has 0 aliphatic heterocycles. The molecule has 1 N–H and O–H groups in total. The molecule has 3 rings (SSSR count). The molecule has 0 radical (unpaired) electrons. The third-order valence-electron chi connectivity index (χ3n) is 5.44. The average molecular weight is 443 g/mol. The van der Waals surface area contributed by atoms with E-state index < -0.39 is 10.0 Å². The van der Waals surface area contributed by atoms with Crippen molar-refractivity contribution in [3.05, 3.63) is 59.9 Å². The molecule has 0 spiro atoms. The lowest BCUT2D eigenvalue weighted by Gasteiger charge is -2.13. The molecule has 166 valence electrons. The fourth-order valence-corrected chi connectivity index (χ4v) is 4.48. The highest BCUT2D eigenvalue weighted by atomic mass is 32.2. The first-order valence-electron chi connectivity index (χ1n) is 10.5. The summed E-state index contributed by atoms with van der Waals surface area (Å²) in [6.45, 7) is 5.37. The number of hydrogen-bond donors (Lipinski definition) is 1. The fourth-order valence-electron chi connectivity index (χ4n) is 3.55. The Labute approximate surface area is 184 Å². The number of aromatic nitrogens is 2. The van der Waals surface area contributed by atoms with E-state index in [9.17, 15) is 13.2 Å². The standard InChI is InChI=1S/C23H30N4O3S/c1-5-27-21-12-11-19(31(29,30)26(3)4)15-20(21)25-22(27)13-14-23(28)24-16-17(2)18-9-7-6-8-10-18/h6-12,15,17H,5,13-14,16H2,1-4H3,(H,24,28).